The van der Waals surface area contributed by atoms with E-state index < -0.39 is 0 Å². The van der Waals surface area contributed by atoms with Gasteiger partial charge in [-0.1, -0.05) is 18.2 Å². The van der Waals surface area contributed by atoms with Crippen LogP contribution in [0.5, 0.6) is 5.75 Å². The minimum atomic E-state index is 0.192. The molecule has 1 N–H and O–H groups in total. The molecule has 0 amide bonds. The van der Waals surface area contributed by atoms with Crippen LogP contribution in [0, 0.1) is 6.92 Å². The highest BCUT2D eigenvalue weighted by atomic mass is 16.5. The molecule has 154 valence electrons. The van der Waals surface area contributed by atoms with Gasteiger partial charge in [-0.05, 0) is 37.6 Å². The lowest BCUT2D eigenvalue weighted by Gasteiger charge is -2.41. The van der Waals surface area contributed by atoms with E-state index >= 15 is 0 Å². The van der Waals surface area contributed by atoms with Gasteiger partial charge in [-0.2, -0.15) is 0 Å². The molecule has 0 radical (unpaired) electrons. The van der Waals surface area contributed by atoms with Crippen molar-refractivity contribution in [3.05, 3.63) is 59.7 Å². The summed E-state index contributed by atoms with van der Waals surface area (Å²) in [5, 5.41) is 10.7. The number of para-hydroxylation sites is 1. The summed E-state index contributed by atoms with van der Waals surface area (Å²) in [6.45, 7) is 6.57. The third-order valence-electron chi connectivity index (χ3n) is 5.65. The fraction of sp³-hybridized carbons (Fsp3) is 0.435. The molecule has 4 rings (SSSR count). The topological polar surface area (TPSA) is 62.0 Å². The van der Waals surface area contributed by atoms with E-state index in [0.717, 1.165) is 73.0 Å². The van der Waals surface area contributed by atoms with Crippen LogP contribution in [0.2, 0.25) is 0 Å². The average molecular weight is 396 g/mol. The number of piperazine rings is 1. The van der Waals surface area contributed by atoms with Crippen molar-refractivity contribution < 1.29 is 14.3 Å². The van der Waals surface area contributed by atoms with Gasteiger partial charge in [0.1, 0.15) is 22.8 Å². The number of methoxy groups -OCH3 is 1. The molecule has 1 aromatic carbocycles. The van der Waals surface area contributed by atoms with Crippen molar-refractivity contribution in [2.75, 3.05) is 33.4 Å². The molecule has 29 heavy (non-hydrogen) atoms. The largest absolute Gasteiger partial charge is 0.494 e. The third-order valence-corrected chi connectivity index (χ3v) is 5.65. The van der Waals surface area contributed by atoms with Gasteiger partial charge in [-0.3, -0.25) is 9.80 Å². The summed E-state index contributed by atoms with van der Waals surface area (Å²) >= 11 is 0. The Bertz CT molecular complexity index is 955. The fourth-order valence-corrected chi connectivity index (χ4v) is 4.14. The minimum Gasteiger partial charge on any atom is -0.494 e. The van der Waals surface area contributed by atoms with Crippen molar-refractivity contribution in [1.29, 1.82) is 0 Å². The lowest BCUT2D eigenvalue weighted by atomic mass is 10.1. The maximum atomic E-state index is 9.56. The number of fused-ring (bicyclic) bond motifs is 1. The zero-order chi connectivity index (χ0) is 20.2. The van der Waals surface area contributed by atoms with Crippen molar-refractivity contribution in [3.63, 3.8) is 0 Å². The molecule has 2 aromatic heterocycles. The molecule has 0 aliphatic carbocycles. The summed E-state index contributed by atoms with van der Waals surface area (Å²) < 4.78 is 11.2. The number of ether oxygens (including phenoxy) is 1. The molecule has 1 saturated heterocycles. The highest BCUT2D eigenvalue weighted by Gasteiger charge is 2.27. The molecule has 1 fully saturated rings. The Kier molecular flexibility index (Phi) is 6.13. The summed E-state index contributed by atoms with van der Waals surface area (Å²) in [5.74, 6) is 2.73. The normalized spacial score (nSPS) is 18.4. The summed E-state index contributed by atoms with van der Waals surface area (Å²) in [6.07, 6.45) is 0.759. The van der Waals surface area contributed by atoms with Gasteiger partial charge in [0.15, 0.2) is 0 Å². The maximum Gasteiger partial charge on any atom is 0.145 e. The van der Waals surface area contributed by atoms with Crippen LogP contribution in [-0.4, -0.2) is 59.3 Å². The SMILES string of the molecule is COc1cccc2ccc(CN3CCN(Cc4ccc(C)o4)C(CCO)C3)nc12. The van der Waals surface area contributed by atoms with E-state index in [1.54, 1.807) is 7.11 Å². The number of hydrogen-bond donors (Lipinski definition) is 1. The van der Waals surface area contributed by atoms with Crippen molar-refractivity contribution in [2.45, 2.75) is 32.5 Å². The van der Waals surface area contributed by atoms with Crippen LogP contribution < -0.4 is 4.74 Å². The second-order valence-electron chi connectivity index (χ2n) is 7.72. The van der Waals surface area contributed by atoms with Gasteiger partial charge in [0.05, 0.1) is 19.3 Å². The molecule has 0 spiro atoms. The molecule has 1 unspecified atom stereocenters. The Hall–Kier alpha value is -2.41. The Balaban J connectivity index is 1.45. The van der Waals surface area contributed by atoms with Crippen LogP contribution >= 0.6 is 0 Å². The number of furan rings is 1. The summed E-state index contributed by atoms with van der Waals surface area (Å²) in [6, 6.07) is 14.6. The summed E-state index contributed by atoms with van der Waals surface area (Å²) in [4.78, 5) is 9.70. The van der Waals surface area contributed by atoms with E-state index in [1.165, 1.54) is 0 Å². The van der Waals surface area contributed by atoms with Gasteiger partial charge < -0.3 is 14.3 Å². The Morgan fingerprint density at radius 2 is 2.03 bits per heavy atom. The standard InChI is InChI=1S/C23H29N3O3/c1-17-6-9-21(29-17)16-26-12-11-25(15-20(26)10-13-27)14-19-8-7-18-4-3-5-22(28-2)23(18)24-19/h3-9,20,27H,10-16H2,1-2H3. The van der Waals surface area contributed by atoms with Crippen molar-refractivity contribution in [2.24, 2.45) is 0 Å². The van der Waals surface area contributed by atoms with Crippen LogP contribution in [-0.2, 0) is 13.1 Å². The van der Waals surface area contributed by atoms with E-state index in [1.807, 2.05) is 31.2 Å². The Morgan fingerprint density at radius 1 is 1.14 bits per heavy atom. The van der Waals surface area contributed by atoms with E-state index in [9.17, 15) is 5.11 Å². The lowest BCUT2D eigenvalue weighted by Crippen LogP contribution is -2.52. The molecule has 0 saturated carbocycles. The van der Waals surface area contributed by atoms with Gasteiger partial charge >= 0.3 is 0 Å². The van der Waals surface area contributed by atoms with Gasteiger partial charge in [-0.15, -0.1) is 0 Å². The zero-order valence-electron chi connectivity index (χ0n) is 17.2. The van der Waals surface area contributed by atoms with Crippen LogP contribution in [0.4, 0.5) is 0 Å². The van der Waals surface area contributed by atoms with Gasteiger partial charge in [-0.25, -0.2) is 4.98 Å². The second-order valence-corrected chi connectivity index (χ2v) is 7.72. The molecule has 6 heteroatoms. The molecule has 0 bridgehead atoms. The van der Waals surface area contributed by atoms with E-state index in [2.05, 4.69) is 28.0 Å². The zero-order valence-corrected chi connectivity index (χ0v) is 17.2. The Morgan fingerprint density at radius 3 is 2.79 bits per heavy atom. The van der Waals surface area contributed by atoms with Gasteiger partial charge in [0.25, 0.3) is 0 Å². The van der Waals surface area contributed by atoms with Gasteiger partial charge in [0.2, 0.25) is 0 Å². The van der Waals surface area contributed by atoms with Crippen LogP contribution in [0.3, 0.4) is 0 Å². The van der Waals surface area contributed by atoms with Crippen molar-refractivity contribution >= 4 is 10.9 Å². The first-order chi connectivity index (χ1) is 14.2. The number of aliphatic hydroxyl groups is 1. The fourth-order valence-electron chi connectivity index (χ4n) is 4.14. The number of nitrogens with zero attached hydrogens (tertiary/aromatic N) is 3. The smallest absolute Gasteiger partial charge is 0.145 e. The number of benzene rings is 1. The number of aryl methyl sites for hydroxylation is 1. The van der Waals surface area contributed by atoms with Crippen molar-refractivity contribution in [1.82, 2.24) is 14.8 Å². The van der Waals surface area contributed by atoms with Crippen LogP contribution in [0.15, 0.2) is 46.9 Å². The molecular weight excluding hydrogens is 366 g/mol. The third kappa shape index (κ3) is 4.61. The highest BCUT2D eigenvalue weighted by Crippen LogP contribution is 2.25. The predicted octanol–water partition coefficient (Wildman–Crippen LogP) is 3.21. The number of hydrogen-bond acceptors (Lipinski definition) is 6. The first kappa shape index (κ1) is 19.9. The predicted molar refractivity (Wildman–Crippen MR) is 113 cm³/mol. The average Bonchev–Trinajstić information content (AvgIpc) is 3.14. The molecule has 3 heterocycles. The quantitative estimate of drug-likeness (QED) is 0.663. The second kappa shape index (κ2) is 8.95. The highest BCUT2D eigenvalue weighted by molar-refractivity contribution is 5.84. The lowest BCUT2D eigenvalue weighted by molar-refractivity contribution is 0.0449. The number of aromatic nitrogens is 1. The molecule has 6 nitrogen and oxygen atoms in total. The number of pyridine rings is 1. The maximum absolute atomic E-state index is 9.56. The van der Waals surface area contributed by atoms with E-state index in [-0.39, 0.29) is 6.61 Å². The van der Waals surface area contributed by atoms with Gasteiger partial charge in [0, 0.05) is 44.2 Å². The molecule has 1 aliphatic heterocycles. The summed E-state index contributed by atoms with van der Waals surface area (Å²) in [5.41, 5.74) is 1.95. The molecular formula is C23H29N3O3. The minimum absolute atomic E-state index is 0.192. The van der Waals surface area contributed by atoms with E-state index in [4.69, 9.17) is 14.1 Å². The molecule has 1 atom stereocenters. The number of rotatable bonds is 7. The first-order valence-corrected chi connectivity index (χ1v) is 10.2. The number of aliphatic hydroxyl groups excluding tert-OH is 1. The van der Waals surface area contributed by atoms with Crippen molar-refractivity contribution in [3.8, 4) is 5.75 Å². The molecule has 3 aromatic rings. The monoisotopic (exact) mass is 395 g/mol. The van der Waals surface area contributed by atoms with E-state index in [0.29, 0.717) is 6.04 Å². The first-order valence-electron chi connectivity index (χ1n) is 10.2. The Labute approximate surface area is 171 Å². The van der Waals surface area contributed by atoms with Crippen LogP contribution in [0.1, 0.15) is 23.6 Å². The van der Waals surface area contributed by atoms with Crippen LogP contribution in [0.25, 0.3) is 10.9 Å². The summed E-state index contributed by atoms with van der Waals surface area (Å²) in [7, 11) is 1.68. The molecule has 1 aliphatic rings.